The molecule has 2 atom stereocenters. The van der Waals surface area contributed by atoms with Gasteiger partial charge in [0.2, 0.25) is 0 Å². The third-order valence-electron chi connectivity index (χ3n) is 3.23. The normalized spacial score (nSPS) is 28.8. The Bertz CT molecular complexity index is 182. The standard InChI is InChI=1S/C13H22/c1-3-4-5-8-13-9-6-7-12(2)10-11-13/h12-13H,5-11H2,1-2H3. The SMILES string of the molecule is CC#CCCC1CCCC(C)CC1. The lowest BCUT2D eigenvalue weighted by Gasteiger charge is -2.11. The maximum Gasteiger partial charge on any atom is 0.00912 e. The zero-order valence-corrected chi connectivity index (χ0v) is 9.10. The quantitative estimate of drug-likeness (QED) is 0.443. The molecule has 0 aromatic carbocycles. The molecular formula is C13H22. The highest BCUT2D eigenvalue weighted by molar-refractivity contribution is 4.95. The van der Waals surface area contributed by atoms with E-state index in [1.807, 2.05) is 6.92 Å². The van der Waals surface area contributed by atoms with E-state index in [9.17, 15) is 0 Å². The fourth-order valence-corrected chi connectivity index (χ4v) is 2.25. The summed E-state index contributed by atoms with van der Waals surface area (Å²) in [4.78, 5) is 0. The largest absolute Gasteiger partial charge is 0.107 e. The van der Waals surface area contributed by atoms with Crippen LogP contribution in [0.5, 0.6) is 0 Å². The third-order valence-corrected chi connectivity index (χ3v) is 3.23. The van der Waals surface area contributed by atoms with Gasteiger partial charge >= 0.3 is 0 Å². The van der Waals surface area contributed by atoms with E-state index in [2.05, 4.69) is 18.8 Å². The summed E-state index contributed by atoms with van der Waals surface area (Å²) in [6.45, 7) is 4.34. The smallest absolute Gasteiger partial charge is 0.00912 e. The first-order valence-electron chi connectivity index (χ1n) is 5.72. The summed E-state index contributed by atoms with van der Waals surface area (Å²) in [5, 5.41) is 0. The molecule has 0 spiro atoms. The first-order chi connectivity index (χ1) is 6.33. The van der Waals surface area contributed by atoms with Crippen molar-refractivity contribution in [3.63, 3.8) is 0 Å². The fourth-order valence-electron chi connectivity index (χ4n) is 2.25. The van der Waals surface area contributed by atoms with Gasteiger partial charge in [-0.3, -0.25) is 0 Å². The summed E-state index contributed by atoms with van der Waals surface area (Å²) in [5.41, 5.74) is 0. The van der Waals surface area contributed by atoms with Gasteiger partial charge in [0, 0.05) is 6.42 Å². The number of hydrogen-bond donors (Lipinski definition) is 0. The molecule has 1 aliphatic carbocycles. The van der Waals surface area contributed by atoms with E-state index >= 15 is 0 Å². The molecule has 0 radical (unpaired) electrons. The Hall–Kier alpha value is -0.440. The molecular weight excluding hydrogens is 156 g/mol. The highest BCUT2D eigenvalue weighted by Crippen LogP contribution is 2.29. The zero-order valence-electron chi connectivity index (χ0n) is 9.10. The van der Waals surface area contributed by atoms with E-state index < -0.39 is 0 Å². The van der Waals surface area contributed by atoms with Gasteiger partial charge in [0.25, 0.3) is 0 Å². The molecule has 0 bridgehead atoms. The zero-order chi connectivity index (χ0) is 9.52. The van der Waals surface area contributed by atoms with Gasteiger partial charge in [-0.25, -0.2) is 0 Å². The van der Waals surface area contributed by atoms with Crippen molar-refractivity contribution in [3.05, 3.63) is 0 Å². The van der Waals surface area contributed by atoms with Gasteiger partial charge in [-0.15, -0.1) is 11.8 Å². The van der Waals surface area contributed by atoms with Crippen molar-refractivity contribution in [2.45, 2.75) is 58.8 Å². The van der Waals surface area contributed by atoms with Crippen LogP contribution in [0.25, 0.3) is 0 Å². The van der Waals surface area contributed by atoms with Gasteiger partial charge in [0.1, 0.15) is 0 Å². The van der Waals surface area contributed by atoms with E-state index in [4.69, 9.17) is 0 Å². The van der Waals surface area contributed by atoms with E-state index in [0.717, 1.165) is 18.3 Å². The van der Waals surface area contributed by atoms with Crippen molar-refractivity contribution in [2.24, 2.45) is 11.8 Å². The first kappa shape index (κ1) is 10.6. The van der Waals surface area contributed by atoms with Gasteiger partial charge in [0.15, 0.2) is 0 Å². The minimum Gasteiger partial charge on any atom is -0.107 e. The van der Waals surface area contributed by atoms with Crippen LogP contribution in [0.2, 0.25) is 0 Å². The molecule has 0 amide bonds. The summed E-state index contributed by atoms with van der Waals surface area (Å²) >= 11 is 0. The maximum atomic E-state index is 3.18. The van der Waals surface area contributed by atoms with E-state index in [1.54, 1.807) is 0 Å². The van der Waals surface area contributed by atoms with Crippen molar-refractivity contribution < 1.29 is 0 Å². The monoisotopic (exact) mass is 178 g/mol. The molecule has 1 aliphatic rings. The lowest BCUT2D eigenvalue weighted by atomic mass is 9.94. The van der Waals surface area contributed by atoms with Crippen LogP contribution in [-0.4, -0.2) is 0 Å². The molecule has 0 aliphatic heterocycles. The predicted molar refractivity (Wildman–Crippen MR) is 58.4 cm³/mol. The van der Waals surface area contributed by atoms with Gasteiger partial charge in [-0.2, -0.15) is 0 Å². The second-order valence-electron chi connectivity index (χ2n) is 4.44. The van der Waals surface area contributed by atoms with Crippen molar-refractivity contribution in [1.29, 1.82) is 0 Å². The Morgan fingerprint density at radius 3 is 2.77 bits per heavy atom. The van der Waals surface area contributed by atoms with Crippen LogP contribution in [0.3, 0.4) is 0 Å². The van der Waals surface area contributed by atoms with Crippen LogP contribution >= 0.6 is 0 Å². The van der Waals surface area contributed by atoms with Gasteiger partial charge in [0.05, 0.1) is 0 Å². The van der Waals surface area contributed by atoms with Crippen LogP contribution < -0.4 is 0 Å². The van der Waals surface area contributed by atoms with Gasteiger partial charge in [-0.05, 0) is 25.2 Å². The summed E-state index contributed by atoms with van der Waals surface area (Å²) in [7, 11) is 0. The minimum atomic E-state index is 0.974. The molecule has 2 unspecified atom stereocenters. The summed E-state index contributed by atoms with van der Waals surface area (Å²) in [6, 6.07) is 0. The van der Waals surface area contributed by atoms with E-state index in [0.29, 0.717) is 0 Å². The Balaban J connectivity index is 2.20. The van der Waals surface area contributed by atoms with Crippen molar-refractivity contribution in [2.75, 3.05) is 0 Å². The Morgan fingerprint density at radius 2 is 2.00 bits per heavy atom. The summed E-state index contributed by atoms with van der Waals surface area (Å²) < 4.78 is 0. The molecule has 1 saturated carbocycles. The molecule has 0 nitrogen and oxygen atoms in total. The average molecular weight is 178 g/mol. The van der Waals surface area contributed by atoms with E-state index in [-0.39, 0.29) is 0 Å². The van der Waals surface area contributed by atoms with Crippen LogP contribution in [0.4, 0.5) is 0 Å². The second-order valence-corrected chi connectivity index (χ2v) is 4.44. The molecule has 13 heavy (non-hydrogen) atoms. The summed E-state index contributed by atoms with van der Waals surface area (Å²) in [5.74, 6) is 8.11. The topological polar surface area (TPSA) is 0 Å². The Kier molecular flexibility index (Phi) is 4.98. The Labute approximate surface area is 83.1 Å². The van der Waals surface area contributed by atoms with E-state index in [1.165, 1.54) is 38.5 Å². The highest BCUT2D eigenvalue weighted by atomic mass is 14.2. The van der Waals surface area contributed by atoms with Crippen LogP contribution in [0.1, 0.15) is 58.8 Å². The van der Waals surface area contributed by atoms with Crippen molar-refractivity contribution >= 4 is 0 Å². The third kappa shape index (κ3) is 4.36. The fraction of sp³-hybridized carbons (Fsp3) is 0.846. The van der Waals surface area contributed by atoms with Crippen molar-refractivity contribution in [1.82, 2.24) is 0 Å². The first-order valence-corrected chi connectivity index (χ1v) is 5.72. The molecule has 0 heteroatoms. The minimum absolute atomic E-state index is 0.974. The molecule has 1 rings (SSSR count). The van der Waals surface area contributed by atoms with Crippen molar-refractivity contribution in [3.8, 4) is 11.8 Å². The van der Waals surface area contributed by atoms with Gasteiger partial charge < -0.3 is 0 Å². The molecule has 0 heterocycles. The van der Waals surface area contributed by atoms with Crippen LogP contribution in [0, 0.1) is 23.7 Å². The van der Waals surface area contributed by atoms with Crippen LogP contribution in [-0.2, 0) is 0 Å². The number of rotatable bonds is 2. The Morgan fingerprint density at radius 1 is 1.15 bits per heavy atom. The summed E-state index contributed by atoms with van der Waals surface area (Å²) in [6.07, 6.45) is 9.72. The molecule has 0 aromatic heterocycles. The molecule has 74 valence electrons. The molecule has 0 N–H and O–H groups in total. The predicted octanol–water partition coefficient (Wildman–Crippen LogP) is 4.01. The van der Waals surface area contributed by atoms with Crippen LogP contribution in [0.15, 0.2) is 0 Å². The molecule has 0 aromatic rings. The lowest BCUT2D eigenvalue weighted by molar-refractivity contribution is 0.423. The highest BCUT2D eigenvalue weighted by Gasteiger charge is 2.15. The number of hydrogen-bond acceptors (Lipinski definition) is 0. The lowest BCUT2D eigenvalue weighted by Crippen LogP contribution is -1.98. The average Bonchev–Trinajstić information content (AvgIpc) is 2.32. The molecule has 0 saturated heterocycles. The second kappa shape index (κ2) is 6.08. The van der Waals surface area contributed by atoms with Gasteiger partial charge in [-0.1, -0.05) is 39.0 Å². The maximum absolute atomic E-state index is 3.18. The molecule has 1 fully saturated rings.